The van der Waals surface area contributed by atoms with Crippen LogP contribution in [-0.2, 0) is 11.3 Å². The van der Waals surface area contributed by atoms with Crippen molar-refractivity contribution in [2.75, 3.05) is 31.2 Å². The lowest BCUT2D eigenvalue weighted by Crippen LogP contribution is -2.35. The summed E-state index contributed by atoms with van der Waals surface area (Å²) in [5.74, 6) is -0.442. The van der Waals surface area contributed by atoms with Crippen molar-refractivity contribution in [3.05, 3.63) is 57.3 Å². The van der Waals surface area contributed by atoms with E-state index in [0.29, 0.717) is 17.3 Å². The smallest absolute Gasteiger partial charge is 0.292 e. The summed E-state index contributed by atoms with van der Waals surface area (Å²) in [4.78, 5) is 28.7. The first-order valence-electron chi connectivity index (χ1n) is 10.4. The lowest BCUT2D eigenvalue weighted by Gasteiger charge is -2.27. The van der Waals surface area contributed by atoms with Gasteiger partial charge in [0, 0.05) is 29.9 Å². The van der Waals surface area contributed by atoms with Crippen LogP contribution in [0.4, 0.5) is 5.00 Å². The first kappa shape index (κ1) is 21.2. The van der Waals surface area contributed by atoms with Gasteiger partial charge in [0.05, 0.1) is 29.8 Å². The number of nitrogens with zero attached hydrogens (tertiary/aromatic N) is 4. The highest BCUT2D eigenvalue weighted by molar-refractivity contribution is 7.17. The first-order chi connectivity index (χ1) is 15.2. The molecule has 4 rings (SSSR count). The summed E-state index contributed by atoms with van der Waals surface area (Å²) in [6.45, 7) is 5.74. The van der Waals surface area contributed by atoms with Crippen molar-refractivity contribution in [2.24, 2.45) is 5.10 Å². The molecule has 0 atom stereocenters. The molecule has 1 N–H and O–H groups in total. The topological polar surface area (TPSA) is 88.8 Å². The number of aromatic nitrogens is 2. The highest BCUT2D eigenvalue weighted by Crippen LogP contribution is 2.25. The van der Waals surface area contributed by atoms with Crippen LogP contribution in [0, 0.1) is 0 Å². The number of aryl methyl sites for hydroxylation is 1. The molecule has 0 radical (unpaired) electrons. The number of ether oxygens (including phenoxy) is 1. The predicted octanol–water partition coefficient (Wildman–Crippen LogP) is 2.86. The third-order valence-electron chi connectivity index (χ3n) is 5.10. The molecule has 1 amide bonds. The van der Waals surface area contributed by atoms with Gasteiger partial charge in [-0.25, -0.2) is 10.1 Å². The van der Waals surface area contributed by atoms with E-state index < -0.39 is 5.91 Å². The highest BCUT2D eigenvalue weighted by Gasteiger charge is 2.16. The Morgan fingerprint density at radius 1 is 1.23 bits per heavy atom. The molecule has 162 valence electrons. The van der Waals surface area contributed by atoms with Crippen molar-refractivity contribution in [1.29, 1.82) is 0 Å². The fourth-order valence-corrected chi connectivity index (χ4v) is 4.37. The van der Waals surface area contributed by atoms with Gasteiger partial charge in [-0.2, -0.15) is 10.2 Å². The van der Waals surface area contributed by atoms with E-state index in [1.165, 1.54) is 4.68 Å². The van der Waals surface area contributed by atoms with Gasteiger partial charge in [0.15, 0.2) is 5.69 Å². The molecule has 8 nitrogen and oxygen atoms in total. The standard InChI is InChI=1S/C22H25N5O3S/c1-2-3-10-27-22(29)18-7-5-4-6-17(18)20(25-27)21(28)24-23-15-16-8-9-19(31-16)26-11-13-30-14-12-26/h4-9,15H,2-3,10-14H2,1H3,(H,24,28)/b23-15+. The maximum atomic E-state index is 12.8. The van der Waals surface area contributed by atoms with Gasteiger partial charge in [-0.15, -0.1) is 11.3 Å². The average molecular weight is 440 g/mol. The maximum absolute atomic E-state index is 12.8. The summed E-state index contributed by atoms with van der Waals surface area (Å²) >= 11 is 1.61. The molecule has 0 aliphatic carbocycles. The quantitative estimate of drug-likeness (QED) is 0.452. The Hall–Kier alpha value is -3.04. The molecule has 31 heavy (non-hydrogen) atoms. The second-order valence-electron chi connectivity index (χ2n) is 7.25. The zero-order chi connectivity index (χ0) is 21.6. The van der Waals surface area contributed by atoms with Crippen molar-refractivity contribution >= 4 is 39.2 Å². The largest absolute Gasteiger partial charge is 0.378 e. The lowest BCUT2D eigenvalue weighted by atomic mass is 10.1. The summed E-state index contributed by atoms with van der Waals surface area (Å²) in [5.41, 5.74) is 2.57. The van der Waals surface area contributed by atoms with Gasteiger partial charge in [0.25, 0.3) is 11.5 Å². The molecule has 0 bridgehead atoms. The number of amides is 1. The molecule has 3 heterocycles. The third-order valence-corrected chi connectivity index (χ3v) is 6.18. The van der Waals surface area contributed by atoms with Crippen LogP contribution < -0.4 is 15.9 Å². The number of anilines is 1. The number of carbonyl (C=O) groups excluding carboxylic acids is 1. The minimum atomic E-state index is -0.442. The zero-order valence-corrected chi connectivity index (χ0v) is 18.2. The molecule has 0 saturated carbocycles. The van der Waals surface area contributed by atoms with Gasteiger partial charge in [0.2, 0.25) is 0 Å². The number of hydrogen-bond donors (Lipinski definition) is 1. The van der Waals surface area contributed by atoms with E-state index in [-0.39, 0.29) is 11.3 Å². The van der Waals surface area contributed by atoms with E-state index in [9.17, 15) is 9.59 Å². The Bertz CT molecular complexity index is 1150. The monoisotopic (exact) mass is 439 g/mol. The molecule has 0 spiro atoms. The summed E-state index contributed by atoms with van der Waals surface area (Å²) < 4.78 is 6.76. The van der Waals surface area contributed by atoms with Crippen LogP contribution in [0.3, 0.4) is 0 Å². The number of morpholine rings is 1. The number of hydrazone groups is 1. The van der Waals surface area contributed by atoms with Crippen molar-refractivity contribution in [2.45, 2.75) is 26.3 Å². The number of nitrogens with one attached hydrogen (secondary N) is 1. The van der Waals surface area contributed by atoms with Crippen molar-refractivity contribution in [3.63, 3.8) is 0 Å². The number of benzene rings is 1. The average Bonchev–Trinajstić information content (AvgIpc) is 3.28. The molecule has 2 aromatic heterocycles. The van der Waals surface area contributed by atoms with Crippen LogP contribution in [-0.4, -0.2) is 48.2 Å². The summed E-state index contributed by atoms with van der Waals surface area (Å²) in [7, 11) is 0. The van der Waals surface area contributed by atoms with E-state index in [1.54, 1.807) is 41.8 Å². The number of fused-ring (bicyclic) bond motifs is 1. The third kappa shape index (κ3) is 4.83. The second kappa shape index (κ2) is 9.84. The van der Waals surface area contributed by atoms with Crippen LogP contribution >= 0.6 is 11.3 Å². The number of rotatable bonds is 7. The lowest BCUT2D eigenvalue weighted by molar-refractivity contribution is 0.0949. The fraction of sp³-hybridized carbons (Fsp3) is 0.364. The van der Waals surface area contributed by atoms with E-state index in [1.807, 2.05) is 13.0 Å². The molecule has 1 fully saturated rings. The molecular formula is C22H25N5O3S. The Morgan fingerprint density at radius 3 is 2.77 bits per heavy atom. The molecule has 0 unspecified atom stereocenters. The Labute approximate surface area is 184 Å². The highest BCUT2D eigenvalue weighted by atomic mass is 32.1. The molecule has 9 heteroatoms. The van der Waals surface area contributed by atoms with E-state index in [2.05, 4.69) is 26.6 Å². The van der Waals surface area contributed by atoms with Gasteiger partial charge >= 0.3 is 0 Å². The predicted molar refractivity (Wildman–Crippen MR) is 123 cm³/mol. The van der Waals surface area contributed by atoms with E-state index in [4.69, 9.17) is 4.74 Å². The summed E-state index contributed by atoms with van der Waals surface area (Å²) in [6, 6.07) is 11.1. The van der Waals surface area contributed by atoms with Crippen LogP contribution in [0.1, 0.15) is 35.1 Å². The van der Waals surface area contributed by atoms with Crippen LogP contribution in [0.2, 0.25) is 0 Å². The number of thiophene rings is 1. The minimum Gasteiger partial charge on any atom is -0.378 e. The SMILES string of the molecule is CCCCn1nc(C(=O)N/N=C/c2ccc(N3CCOCC3)s2)c2ccccc2c1=O. The van der Waals surface area contributed by atoms with Gasteiger partial charge < -0.3 is 9.64 Å². The van der Waals surface area contributed by atoms with E-state index in [0.717, 1.165) is 49.0 Å². The first-order valence-corrected chi connectivity index (χ1v) is 11.2. The van der Waals surface area contributed by atoms with Gasteiger partial charge in [-0.3, -0.25) is 9.59 Å². The normalized spacial score (nSPS) is 14.4. The Morgan fingerprint density at radius 2 is 2.00 bits per heavy atom. The maximum Gasteiger partial charge on any atom is 0.292 e. The fourth-order valence-electron chi connectivity index (χ4n) is 3.44. The molecule has 1 aromatic carbocycles. The van der Waals surface area contributed by atoms with Crippen LogP contribution in [0.5, 0.6) is 0 Å². The zero-order valence-electron chi connectivity index (χ0n) is 17.4. The van der Waals surface area contributed by atoms with Crippen molar-refractivity contribution in [1.82, 2.24) is 15.2 Å². The molecule has 1 saturated heterocycles. The Balaban J connectivity index is 1.51. The summed E-state index contributed by atoms with van der Waals surface area (Å²) in [6.07, 6.45) is 3.37. The Kier molecular flexibility index (Phi) is 6.73. The molecule has 1 aliphatic heterocycles. The molecule has 3 aromatic rings. The minimum absolute atomic E-state index is 0.182. The number of carbonyl (C=O) groups is 1. The van der Waals surface area contributed by atoms with Crippen molar-refractivity contribution in [3.8, 4) is 0 Å². The second-order valence-corrected chi connectivity index (χ2v) is 8.34. The number of hydrogen-bond acceptors (Lipinski definition) is 7. The number of unbranched alkanes of at least 4 members (excludes halogenated alkanes) is 1. The van der Waals surface area contributed by atoms with Gasteiger partial charge in [-0.05, 0) is 24.6 Å². The van der Waals surface area contributed by atoms with Crippen LogP contribution in [0.25, 0.3) is 10.8 Å². The summed E-state index contributed by atoms with van der Waals surface area (Å²) in [5, 5.41) is 10.6. The van der Waals surface area contributed by atoms with E-state index >= 15 is 0 Å². The van der Waals surface area contributed by atoms with Crippen LogP contribution in [0.15, 0.2) is 46.3 Å². The molecular weight excluding hydrogens is 414 g/mol. The van der Waals surface area contributed by atoms with Gasteiger partial charge in [-0.1, -0.05) is 31.5 Å². The van der Waals surface area contributed by atoms with Crippen molar-refractivity contribution < 1.29 is 9.53 Å². The van der Waals surface area contributed by atoms with Gasteiger partial charge in [0.1, 0.15) is 0 Å². The molecule has 1 aliphatic rings.